The van der Waals surface area contributed by atoms with Crippen molar-refractivity contribution in [2.75, 3.05) is 0 Å². The average Bonchev–Trinajstić information content (AvgIpc) is 2.37. The van der Waals surface area contributed by atoms with Crippen LogP contribution in [0.1, 0.15) is 21.5 Å². The molecule has 0 saturated carbocycles. The van der Waals surface area contributed by atoms with Crippen LogP contribution < -0.4 is 0 Å². The third kappa shape index (κ3) is 2.96. The molecule has 2 aromatic rings. The van der Waals surface area contributed by atoms with Crippen LogP contribution in [0.25, 0.3) is 0 Å². The van der Waals surface area contributed by atoms with E-state index in [-0.39, 0.29) is 11.1 Å². The summed E-state index contributed by atoms with van der Waals surface area (Å²) in [4.78, 5) is 10.6. The molecule has 0 unspecified atom stereocenters. The fourth-order valence-corrected chi connectivity index (χ4v) is 1.47. The van der Waals surface area contributed by atoms with Crippen molar-refractivity contribution in [3.05, 3.63) is 70.8 Å². The van der Waals surface area contributed by atoms with Crippen molar-refractivity contribution >= 4 is 5.97 Å². The fourth-order valence-electron chi connectivity index (χ4n) is 1.47. The van der Waals surface area contributed by atoms with Crippen LogP contribution in [0.5, 0.6) is 0 Å². The topological polar surface area (TPSA) is 37.3 Å². The number of carbonyl (C=O) groups is 1. The van der Waals surface area contributed by atoms with Crippen LogP contribution in [-0.2, 0) is 0 Å². The summed E-state index contributed by atoms with van der Waals surface area (Å²) in [6.07, 6.45) is 0. The fraction of sp³-hybridized carbons (Fsp3) is 0. The third-order valence-electron chi connectivity index (χ3n) is 2.41. The molecule has 0 aromatic heterocycles. The van der Waals surface area contributed by atoms with Crippen LogP contribution in [0.15, 0.2) is 42.5 Å². The van der Waals surface area contributed by atoms with E-state index in [2.05, 4.69) is 11.8 Å². The zero-order valence-electron chi connectivity index (χ0n) is 9.65. The zero-order chi connectivity index (χ0) is 13.8. The van der Waals surface area contributed by atoms with Gasteiger partial charge in [-0.1, -0.05) is 24.0 Å². The molecule has 0 fully saturated rings. The predicted molar refractivity (Wildman–Crippen MR) is 65.7 cm³/mol. The first-order chi connectivity index (χ1) is 9.08. The van der Waals surface area contributed by atoms with E-state index in [0.717, 1.165) is 12.1 Å². The number of rotatable bonds is 1. The number of hydrogen-bond acceptors (Lipinski definition) is 1. The summed E-state index contributed by atoms with van der Waals surface area (Å²) in [5.41, 5.74) is 0.0624. The standard InChI is InChI=1S/C15H8F2O2/c16-13-4-2-1-3-11(13)7-5-10-6-8-12(15(18)19)14(17)9-10/h1-4,6,8-9H,(H,18,19). The van der Waals surface area contributed by atoms with Crippen molar-refractivity contribution < 1.29 is 18.7 Å². The average molecular weight is 258 g/mol. The highest BCUT2D eigenvalue weighted by Gasteiger charge is 2.09. The largest absolute Gasteiger partial charge is 0.478 e. The third-order valence-corrected chi connectivity index (χ3v) is 2.41. The lowest BCUT2D eigenvalue weighted by Crippen LogP contribution is -2.00. The highest BCUT2D eigenvalue weighted by Crippen LogP contribution is 2.10. The molecule has 0 spiro atoms. The van der Waals surface area contributed by atoms with Gasteiger partial charge in [-0.15, -0.1) is 0 Å². The molecule has 0 aliphatic rings. The summed E-state index contributed by atoms with van der Waals surface area (Å²) in [6, 6.07) is 9.48. The SMILES string of the molecule is O=C(O)c1ccc(C#Cc2ccccc2F)cc1F. The maximum Gasteiger partial charge on any atom is 0.338 e. The van der Waals surface area contributed by atoms with Crippen molar-refractivity contribution in [2.24, 2.45) is 0 Å². The smallest absolute Gasteiger partial charge is 0.338 e. The highest BCUT2D eigenvalue weighted by molar-refractivity contribution is 5.88. The molecule has 0 radical (unpaired) electrons. The minimum Gasteiger partial charge on any atom is -0.478 e. The van der Waals surface area contributed by atoms with Gasteiger partial charge in [0, 0.05) is 5.56 Å². The van der Waals surface area contributed by atoms with Crippen molar-refractivity contribution in [1.29, 1.82) is 0 Å². The van der Waals surface area contributed by atoms with E-state index in [1.807, 2.05) is 0 Å². The highest BCUT2D eigenvalue weighted by atomic mass is 19.1. The van der Waals surface area contributed by atoms with Crippen LogP contribution in [0, 0.1) is 23.5 Å². The van der Waals surface area contributed by atoms with E-state index >= 15 is 0 Å². The molecule has 4 heteroatoms. The first-order valence-corrected chi connectivity index (χ1v) is 5.37. The second kappa shape index (κ2) is 5.32. The van der Waals surface area contributed by atoms with Gasteiger partial charge in [0.2, 0.25) is 0 Å². The molecule has 2 rings (SSSR count). The van der Waals surface area contributed by atoms with Gasteiger partial charge in [-0.25, -0.2) is 13.6 Å². The van der Waals surface area contributed by atoms with E-state index in [1.165, 1.54) is 18.2 Å². The Hall–Kier alpha value is -2.67. The molecule has 0 saturated heterocycles. The lowest BCUT2D eigenvalue weighted by atomic mass is 10.1. The molecule has 0 heterocycles. The molecule has 1 N–H and O–H groups in total. The van der Waals surface area contributed by atoms with Crippen molar-refractivity contribution in [3.63, 3.8) is 0 Å². The van der Waals surface area contributed by atoms with Gasteiger partial charge in [0.25, 0.3) is 0 Å². The summed E-state index contributed by atoms with van der Waals surface area (Å²) in [5.74, 6) is 2.48. The van der Waals surface area contributed by atoms with Crippen LogP contribution in [0.2, 0.25) is 0 Å². The van der Waals surface area contributed by atoms with E-state index in [0.29, 0.717) is 0 Å². The minimum absolute atomic E-state index is 0.199. The van der Waals surface area contributed by atoms with Crippen LogP contribution in [-0.4, -0.2) is 11.1 Å². The summed E-state index contributed by atoms with van der Waals surface area (Å²) in [7, 11) is 0. The lowest BCUT2D eigenvalue weighted by Gasteiger charge is -1.97. The van der Waals surface area contributed by atoms with Gasteiger partial charge >= 0.3 is 5.97 Å². The first-order valence-electron chi connectivity index (χ1n) is 5.37. The zero-order valence-corrected chi connectivity index (χ0v) is 9.65. The van der Waals surface area contributed by atoms with Gasteiger partial charge in [0.1, 0.15) is 11.6 Å². The molecule has 0 atom stereocenters. The number of hydrogen-bond donors (Lipinski definition) is 1. The molecule has 2 nitrogen and oxygen atoms in total. The summed E-state index contributed by atoms with van der Waals surface area (Å²) in [6.45, 7) is 0. The maximum absolute atomic E-state index is 13.4. The van der Waals surface area contributed by atoms with Gasteiger partial charge in [-0.05, 0) is 30.3 Å². The maximum atomic E-state index is 13.4. The Labute approximate surface area is 108 Å². The molecule has 0 amide bonds. The molecular weight excluding hydrogens is 250 g/mol. The molecule has 0 aliphatic heterocycles. The van der Waals surface area contributed by atoms with Gasteiger partial charge in [-0.2, -0.15) is 0 Å². The lowest BCUT2D eigenvalue weighted by molar-refractivity contribution is 0.0692. The van der Waals surface area contributed by atoms with E-state index in [9.17, 15) is 13.6 Å². The second-order valence-corrected chi connectivity index (χ2v) is 3.73. The number of halogens is 2. The number of carboxylic acid groups (broad SMARTS) is 1. The van der Waals surface area contributed by atoms with Gasteiger partial charge in [-0.3, -0.25) is 0 Å². The summed E-state index contributed by atoms with van der Waals surface area (Å²) < 4.78 is 26.7. The van der Waals surface area contributed by atoms with E-state index in [4.69, 9.17) is 5.11 Å². The predicted octanol–water partition coefficient (Wildman–Crippen LogP) is 3.06. The Morgan fingerprint density at radius 3 is 2.37 bits per heavy atom. The van der Waals surface area contributed by atoms with Crippen molar-refractivity contribution in [2.45, 2.75) is 0 Å². The second-order valence-electron chi connectivity index (χ2n) is 3.73. The Bertz CT molecular complexity index is 697. The number of carboxylic acids is 1. The first kappa shape index (κ1) is 12.8. The minimum atomic E-state index is -1.34. The molecule has 19 heavy (non-hydrogen) atoms. The monoisotopic (exact) mass is 258 g/mol. The Morgan fingerprint density at radius 1 is 1.00 bits per heavy atom. The molecule has 2 aromatic carbocycles. The number of aromatic carboxylic acids is 1. The molecular formula is C15H8F2O2. The van der Waals surface area contributed by atoms with Crippen LogP contribution in [0.3, 0.4) is 0 Å². The summed E-state index contributed by atoms with van der Waals surface area (Å²) in [5, 5.41) is 8.68. The summed E-state index contributed by atoms with van der Waals surface area (Å²) >= 11 is 0. The molecule has 94 valence electrons. The van der Waals surface area contributed by atoms with Crippen LogP contribution >= 0.6 is 0 Å². The van der Waals surface area contributed by atoms with Gasteiger partial charge in [0.05, 0.1) is 11.1 Å². The molecule has 0 aliphatic carbocycles. The Morgan fingerprint density at radius 2 is 1.74 bits per heavy atom. The van der Waals surface area contributed by atoms with E-state index in [1.54, 1.807) is 12.1 Å². The quantitative estimate of drug-likeness (QED) is 0.798. The Balaban J connectivity index is 2.34. The van der Waals surface area contributed by atoms with Crippen molar-refractivity contribution in [3.8, 4) is 11.8 Å². The van der Waals surface area contributed by atoms with Crippen molar-refractivity contribution in [1.82, 2.24) is 0 Å². The Kier molecular flexibility index (Phi) is 3.58. The number of benzene rings is 2. The van der Waals surface area contributed by atoms with E-state index < -0.39 is 23.2 Å². The van der Waals surface area contributed by atoms with Crippen LogP contribution in [0.4, 0.5) is 8.78 Å². The van der Waals surface area contributed by atoms with Gasteiger partial charge < -0.3 is 5.11 Å². The molecule has 0 bridgehead atoms. The normalized spacial score (nSPS) is 9.58. The van der Waals surface area contributed by atoms with Gasteiger partial charge in [0.15, 0.2) is 0 Å².